The van der Waals surface area contributed by atoms with E-state index in [9.17, 15) is 18.0 Å². The molecule has 5 nitrogen and oxygen atoms in total. The Morgan fingerprint density at radius 1 is 1.31 bits per heavy atom. The molecule has 0 bridgehead atoms. The van der Waals surface area contributed by atoms with E-state index < -0.39 is 12.1 Å². The summed E-state index contributed by atoms with van der Waals surface area (Å²) in [7, 11) is 0. The zero-order chi connectivity index (χ0) is 18.7. The first-order chi connectivity index (χ1) is 12.4. The minimum absolute atomic E-state index is 0.0920. The quantitative estimate of drug-likeness (QED) is 0.724. The van der Waals surface area contributed by atoms with Gasteiger partial charge in [-0.15, -0.1) is 6.58 Å². The first-order valence-electron chi connectivity index (χ1n) is 8.28. The average molecular weight is 365 g/mol. The molecule has 8 heteroatoms. The fourth-order valence-corrected chi connectivity index (χ4v) is 2.74. The van der Waals surface area contributed by atoms with Crippen molar-refractivity contribution in [2.45, 2.75) is 32.0 Å². The Morgan fingerprint density at radius 2 is 2.00 bits per heavy atom. The molecule has 1 aliphatic rings. The predicted octanol–water partition coefficient (Wildman–Crippen LogP) is 4.07. The highest BCUT2D eigenvalue weighted by Crippen LogP contribution is 2.30. The van der Waals surface area contributed by atoms with E-state index in [2.05, 4.69) is 21.2 Å². The number of nitrogens with zero attached hydrogens (tertiary/aromatic N) is 3. The van der Waals surface area contributed by atoms with Crippen molar-refractivity contribution >= 4 is 5.91 Å². The Morgan fingerprint density at radius 3 is 2.50 bits per heavy atom. The van der Waals surface area contributed by atoms with E-state index in [0.29, 0.717) is 18.7 Å². The van der Waals surface area contributed by atoms with Crippen molar-refractivity contribution in [1.82, 2.24) is 15.0 Å². The number of rotatable bonds is 6. The third kappa shape index (κ3) is 3.95. The summed E-state index contributed by atoms with van der Waals surface area (Å²) in [5, 5.41) is 3.36. The predicted molar refractivity (Wildman–Crippen MR) is 87.7 cm³/mol. The lowest BCUT2D eigenvalue weighted by atomic mass is 9.84. The van der Waals surface area contributed by atoms with Gasteiger partial charge in [-0.3, -0.25) is 4.79 Å². The molecular weight excluding hydrogens is 347 g/mol. The van der Waals surface area contributed by atoms with Gasteiger partial charge < -0.3 is 9.42 Å². The molecule has 2 aromatic rings. The number of aromatic nitrogens is 2. The van der Waals surface area contributed by atoms with Gasteiger partial charge in [0.25, 0.3) is 0 Å². The molecule has 0 aliphatic heterocycles. The second-order valence-electron chi connectivity index (χ2n) is 6.25. The van der Waals surface area contributed by atoms with E-state index >= 15 is 0 Å². The fourth-order valence-electron chi connectivity index (χ4n) is 2.74. The largest absolute Gasteiger partial charge is 0.471 e. The summed E-state index contributed by atoms with van der Waals surface area (Å²) in [5.41, 5.74) is 1.27. The number of carbonyl (C=O) groups is 1. The van der Waals surface area contributed by atoms with Crippen LogP contribution < -0.4 is 0 Å². The van der Waals surface area contributed by atoms with Crippen LogP contribution in [0.15, 0.2) is 41.4 Å². The molecule has 26 heavy (non-hydrogen) atoms. The van der Waals surface area contributed by atoms with Crippen LogP contribution in [0.25, 0.3) is 11.4 Å². The first-order valence-corrected chi connectivity index (χ1v) is 8.28. The number of benzene rings is 1. The van der Waals surface area contributed by atoms with Crippen LogP contribution in [0.2, 0.25) is 0 Å². The monoisotopic (exact) mass is 365 g/mol. The van der Waals surface area contributed by atoms with E-state index in [1.165, 1.54) is 0 Å². The van der Waals surface area contributed by atoms with Gasteiger partial charge in [0, 0.05) is 24.6 Å². The lowest BCUT2D eigenvalue weighted by Crippen LogP contribution is -2.38. The normalized spacial score (nSPS) is 14.7. The molecule has 0 radical (unpaired) electrons. The molecule has 1 heterocycles. The van der Waals surface area contributed by atoms with Crippen LogP contribution in [0.3, 0.4) is 0 Å². The summed E-state index contributed by atoms with van der Waals surface area (Å²) in [4.78, 5) is 17.5. The standard InChI is InChI=1S/C18H18F3N3O2/c1-2-10-24(16(25)14-4-3-5-14)11-12-6-8-13(9-7-12)15-22-17(26-23-15)18(19,20)21/h2,6-9,14H,1,3-5,10-11H2. The van der Waals surface area contributed by atoms with Crippen molar-refractivity contribution in [1.29, 1.82) is 0 Å². The molecule has 138 valence electrons. The molecule has 0 spiro atoms. The Labute approximate surface area is 148 Å². The van der Waals surface area contributed by atoms with Gasteiger partial charge in [-0.05, 0) is 18.4 Å². The summed E-state index contributed by atoms with van der Waals surface area (Å²) in [6.45, 7) is 4.56. The Bertz CT molecular complexity index is 780. The maximum Gasteiger partial charge on any atom is 0.471 e. The number of amides is 1. The third-order valence-corrected chi connectivity index (χ3v) is 4.37. The van der Waals surface area contributed by atoms with Crippen LogP contribution in [0.4, 0.5) is 13.2 Å². The highest BCUT2D eigenvalue weighted by atomic mass is 19.4. The lowest BCUT2D eigenvalue weighted by molar-refractivity contribution is -0.159. The van der Waals surface area contributed by atoms with Gasteiger partial charge in [-0.25, -0.2) is 0 Å². The summed E-state index contributed by atoms with van der Waals surface area (Å²) in [6, 6.07) is 6.70. The summed E-state index contributed by atoms with van der Waals surface area (Å²) >= 11 is 0. The average Bonchev–Trinajstić information content (AvgIpc) is 3.03. The zero-order valence-corrected chi connectivity index (χ0v) is 14.0. The van der Waals surface area contributed by atoms with Gasteiger partial charge in [-0.1, -0.05) is 41.9 Å². The van der Waals surface area contributed by atoms with Gasteiger partial charge in [0.05, 0.1) is 0 Å². The molecule has 1 aromatic carbocycles. The van der Waals surface area contributed by atoms with Crippen molar-refractivity contribution in [2.24, 2.45) is 5.92 Å². The van der Waals surface area contributed by atoms with Gasteiger partial charge in [0.2, 0.25) is 11.7 Å². The van der Waals surface area contributed by atoms with Crippen molar-refractivity contribution in [3.8, 4) is 11.4 Å². The highest BCUT2D eigenvalue weighted by molar-refractivity contribution is 5.79. The van der Waals surface area contributed by atoms with Crippen molar-refractivity contribution in [2.75, 3.05) is 6.54 Å². The number of alkyl halides is 3. The van der Waals surface area contributed by atoms with Gasteiger partial charge >= 0.3 is 12.1 Å². The van der Waals surface area contributed by atoms with Gasteiger partial charge in [0.15, 0.2) is 0 Å². The number of halogens is 3. The minimum atomic E-state index is -4.67. The van der Waals surface area contributed by atoms with E-state index in [4.69, 9.17) is 0 Å². The topological polar surface area (TPSA) is 59.2 Å². The Hall–Kier alpha value is -2.64. The van der Waals surface area contributed by atoms with Crippen LogP contribution in [-0.2, 0) is 17.5 Å². The summed E-state index contributed by atoms with van der Waals surface area (Å²) < 4.78 is 41.8. The number of carbonyl (C=O) groups excluding carboxylic acids is 1. The molecule has 3 rings (SSSR count). The zero-order valence-electron chi connectivity index (χ0n) is 14.0. The lowest BCUT2D eigenvalue weighted by Gasteiger charge is -2.31. The van der Waals surface area contributed by atoms with Crippen LogP contribution in [0, 0.1) is 5.92 Å². The SMILES string of the molecule is C=CCN(Cc1ccc(-c2noc(C(F)(F)F)n2)cc1)C(=O)C1CCC1. The molecule has 0 atom stereocenters. The van der Waals surface area contributed by atoms with E-state index in [1.807, 2.05) is 0 Å². The molecular formula is C18H18F3N3O2. The second-order valence-corrected chi connectivity index (χ2v) is 6.25. The molecule has 0 N–H and O–H groups in total. The number of hydrogen-bond acceptors (Lipinski definition) is 4. The second kappa shape index (κ2) is 7.31. The van der Waals surface area contributed by atoms with Crippen LogP contribution in [-0.4, -0.2) is 27.5 Å². The number of hydrogen-bond donors (Lipinski definition) is 0. The molecule has 0 unspecified atom stereocenters. The smallest absolute Gasteiger partial charge is 0.334 e. The highest BCUT2D eigenvalue weighted by Gasteiger charge is 2.38. The van der Waals surface area contributed by atoms with Crippen LogP contribution in [0.5, 0.6) is 0 Å². The minimum Gasteiger partial charge on any atom is -0.334 e. The Balaban J connectivity index is 1.71. The Kier molecular flexibility index (Phi) is 5.11. The van der Waals surface area contributed by atoms with Crippen molar-refractivity contribution < 1.29 is 22.5 Å². The van der Waals surface area contributed by atoms with E-state index in [0.717, 1.165) is 24.8 Å². The van der Waals surface area contributed by atoms with Crippen molar-refractivity contribution in [3.05, 3.63) is 48.4 Å². The van der Waals surface area contributed by atoms with Crippen LogP contribution in [0.1, 0.15) is 30.7 Å². The van der Waals surface area contributed by atoms with Crippen molar-refractivity contribution in [3.63, 3.8) is 0 Å². The first kappa shape index (κ1) is 18.2. The maximum absolute atomic E-state index is 12.5. The molecule has 1 aromatic heterocycles. The molecule has 0 saturated heterocycles. The van der Waals surface area contributed by atoms with E-state index in [-0.39, 0.29) is 17.6 Å². The van der Waals surface area contributed by atoms with E-state index in [1.54, 1.807) is 35.2 Å². The fraction of sp³-hybridized carbons (Fsp3) is 0.389. The summed E-state index contributed by atoms with van der Waals surface area (Å²) in [6.07, 6.45) is -0.0611. The molecule has 1 aliphatic carbocycles. The molecule has 1 fully saturated rings. The third-order valence-electron chi connectivity index (χ3n) is 4.37. The molecule has 1 amide bonds. The van der Waals surface area contributed by atoms with Crippen LogP contribution >= 0.6 is 0 Å². The van der Waals surface area contributed by atoms with Gasteiger partial charge in [-0.2, -0.15) is 18.2 Å². The van der Waals surface area contributed by atoms with Gasteiger partial charge in [0.1, 0.15) is 0 Å². The maximum atomic E-state index is 12.5. The molecule has 1 saturated carbocycles. The summed E-state index contributed by atoms with van der Waals surface area (Å²) in [5.74, 6) is -1.29.